The number of nitrogens with one attached hydrogen (secondary N) is 1. The summed E-state index contributed by atoms with van der Waals surface area (Å²) in [5.74, 6) is -1.06. The number of piperidine rings is 1. The van der Waals surface area contributed by atoms with Crippen LogP contribution in [0.5, 0.6) is 0 Å². The van der Waals surface area contributed by atoms with Crippen LogP contribution in [0.1, 0.15) is 39.9 Å². The number of carbonyl (C=O) groups excluding carboxylic acids is 3. The minimum atomic E-state index is -0.645. The Morgan fingerprint density at radius 2 is 2.10 bits per heavy atom. The maximum atomic E-state index is 12.6. The van der Waals surface area contributed by atoms with Crippen molar-refractivity contribution in [2.45, 2.75) is 32.4 Å². The fourth-order valence-corrected chi connectivity index (χ4v) is 2.91. The molecule has 1 aromatic rings. The third-order valence-corrected chi connectivity index (χ3v) is 4.06. The summed E-state index contributed by atoms with van der Waals surface area (Å²) < 4.78 is 0. The second-order valence-electron chi connectivity index (χ2n) is 5.30. The van der Waals surface area contributed by atoms with Gasteiger partial charge in [0.1, 0.15) is 6.04 Å². The minimum absolute atomic E-state index is 0.223. The first kappa shape index (κ1) is 13.3. The molecular formula is C15H13N3O3. The number of hydrogen-bond donors (Lipinski definition) is 1. The molecule has 1 atom stereocenters. The standard InChI is InChI=1S/C15H13N3O3/c1-8-2-3-9(6-16)13-10(8)7-18(15(13)21)11-4-5-12(19)17-14(11)20/h2-3,11H,4-5,7H2,1H3,(H,17,19,20). The van der Waals surface area contributed by atoms with Crippen molar-refractivity contribution in [3.05, 3.63) is 34.4 Å². The molecule has 0 saturated carbocycles. The molecule has 1 unspecified atom stereocenters. The molecule has 106 valence electrons. The fraction of sp³-hybridized carbons (Fsp3) is 0.333. The number of amides is 3. The monoisotopic (exact) mass is 283 g/mol. The Labute approximate surface area is 121 Å². The molecule has 0 aliphatic carbocycles. The van der Waals surface area contributed by atoms with Gasteiger partial charge in [0.2, 0.25) is 11.8 Å². The normalized spacial score (nSPS) is 21.0. The molecule has 1 fully saturated rings. The van der Waals surface area contributed by atoms with Gasteiger partial charge in [0.05, 0.1) is 17.2 Å². The molecule has 1 aromatic carbocycles. The number of rotatable bonds is 1. The highest BCUT2D eigenvalue weighted by molar-refractivity contribution is 6.06. The lowest BCUT2D eigenvalue weighted by molar-refractivity contribution is -0.136. The first-order valence-electron chi connectivity index (χ1n) is 6.70. The maximum absolute atomic E-state index is 12.6. The lowest BCUT2D eigenvalue weighted by atomic mass is 9.99. The number of carbonyl (C=O) groups is 3. The Morgan fingerprint density at radius 1 is 1.33 bits per heavy atom. The van der Waals surface area contributed by atoms with Gasteiger partial charge >= 0.3 is 0 Å². The van der Waals surface area contributed by atoms with Gasteiger partial charge in [-0.25, -0.2) is 0 Å². The summed E-state index contributed by atoms with van der Waals surface area (Å²) in [6, 6.07) is 4.81. The lowest BCUT2D eigenvalue weighted by Gasteiger charge is -2.29. The zero-order valence-electron chi connectivity index (χ0n) is 11.5. The van der Waals surface area contributed by atoms with E-state index in [9.17, 15) is 14.4 Å². The van der Waals surface area contributed by atoms with Crippen molar-refractivity contribution in [2.24, 2.45) is 0 Å². The lowest BCUT2D eigenvalue weighted by Crippen LogP contribution is -2.52. The van der Waals surface area contributed by atoms with E-state index in [1.54, 1.807) is 12.1 Å². The van der Waals surface area contributed by atoms with Gasteiger partial charge in [-0.05, 0) is 30.5 Å². The minimum Gasteiger partial charge on any atom is -0.322 e. The predicted octanol–water partition coefficient (Wildman–Crippen LogP) is 0.628. The highest BCUT2D eigenvalue weighted by atomic mass is 16.2. The van der Waals surface area contributed by atoms with Gasteiger partial charge in [-0.2, -0.15) is 5.26 Å². The summed E-state index contributed by atoms with van der Waals surface area (Å²) >= 11 is 0. The van der Waals surface area contributed by atoms with Crippen LogP contribution in [0.25, 0.3) is 0 Å². The van der Waals surface area contributed by atoms with Crippen LogP contribution < -0.4 is 5.32 Å². The first-order chi connectivity index (χ1) is 10.0. The van der Waals surface area contributed by atoms with Crippen molar-refractivity contribution in [2.75, 3.05) is 0 Å². The average molecular weight is 283 g/mol. The third kappa shape index (κ3) is 1.98. The van der Waals surface area contributed by atoms with Gasteiger partial charge in [0.15, 0.2) is 0 Å². The van der Waals surface area contributed by atoms with E-state index in [2.05, 4.69) is 5.32 Å². The van der Waals surface area contributed by atoms with Crippen molar-refractivity contribution in [1.29, 1.82) is 5.26 Å². The number of benzene rings is 1. The molecule has 6 nitrogen and oxygen atoms in total. The van der Waals surface area contributed by atoms with E-state index in [-0.39, 0.29) is 18.2 Å². The summed E-state index contributed by atoms with van der Waals surface area (Å²) in [5.41, 5.74) is 2.44. The predicted molar refractivity (Wildman–Crippen MR) is 71.9 cm³/mol. The SMILES string of the molecule is Cc1ccc(C#N)c2c1CN(C1CCC(=O)NC1=O)C2=O. The topological polar surface area (TPSA) is 90.3 Å². The molecule has 0 bridgehead atoms. The van der Waals surface area contributed by atoms with Crippen LogP contribution in [0, 0.1) is 18.3 Å². The van der Waals surface area contributed by atoms with E-state index < -0.39 is 11.9 Å². The largest absolute Gasteiger partial charge is 0.322 e. The molecule has 2 aliphatic heterocycles. The molecule has 2 heterocycles. The molecular weight excluding hydrogens is 270 g/mol. The quantitative estimate of drug-likeness (QED) is 0.765. The molecule has 3 amide bonds. The molecule has 1 N–H and O–H groups in total. The summed E-state index contributed by atoms with van der Waals surface area (Å²) in [6.07, 6.45) is 0.548. The molecule has 3 rings (SSSR count). The van der Waals surface area contributed by atoms with Gasteiger partial charge < -0.3 is 4.90 Å². The zero-order chi connectivity index (χ0) is 15.1. The summed E-state index contributed by atoms with van der Waals surface area (Å²) in [7, 11) is 0. The molecule has 21 heavy (non-hydrogen) atoms. The van der Waals surface area contributed by atoms with Crippen molar-refractivity contribution < 1.29 is 14.4 Å². The van der Waals surface area contributed by atoms with Gasteiger partial charge in [0.25, 0.3) is 5.91 Å². The Bertz CT molecular complexity index is 718. The van der Waals surface area contributed by atoms with Crippen LogP contribution in [-0.2, 0) is 16.1 Å². The van der Waals surface area contributed by atoms with Crippen LogP contribution in [0.4, 0.5) is 0 Å². The summed E-state index contributed by atoms with van der Waals surface area (Å²) in [4.78, 5) is 37.2. The maximum Gasteiger partial charge on any atom is 0.256 e. The summed E-state index contributed by atoms with van der Waals surface area (Å²) in [6.45, 7) is 2.18. The highest BCUT2D eigenvalue weighted by Crippen LogP contribution is 2.31. The van der Waals surface area contributed by atoms with E-state index in [4.69, 9.17) is 5.26 Å². The first-order valence-corrected chi connectivity index (χ1v) is 6.70. The van der Waals surface area contributed by atoms with Crippen molar-refractivity contribution in [1.82, 2.24) is 10.2 Å². The Balaban J connectivity index is 1.98. The smallest absolute Gasteiger partial charge is 0.256 e. The Hall–Kier alpha value is -2.68. The summed E-state index contributed by atoms with van der Waals surface area (Å²) in [5, 5.41) is 11.4. The van der Waals surface area contributed by atoms with Crippen LogP contribution in [-0.4, -0.2) is 28.7 Å². The van der Waals surface area contributed by atoms with Crippen LogP contribution in [0.2, 0.25) is 0 Å². The second-order valence-corrected chi connectivity index (χ2v) is 5.30. The van der Waals surface area contributed by atoms with Crippen molar-refractivity contribution in [3.63, 3.8) is 0 Å². The van der Waals surface area contributed by atoms with E-state index >= 15 is 0 Å². The van der Waals surface area contributed by atoms with Crippen LogP contribution in [0.3, 0.4) is 0 Å². The molecule has 2 aliphatic rings. The molecule has 0 radical (unpaired) electrons. The van der Waals surface area contributed by atoms with Crippen LogP contribution >= 0.6 is 0 Å². The van der Waals surface area contributed by atoms with Gasteiger partial charge in [0, 0.05) is 13.0 Å². The van der Waals surface area contributed by atoms with Crippen LogP contribution in [0.15, 0.2) is 12.1 Å². The number of nitriles is 1. The van der Waals surface area contributed by atoms with E-state index in [1.165, 1.54) is 4.90 Å². The number of hydrogen-bond acceptors (Lipinski definition) is 4. The molecule has 6 heteroatoms. The molecule has 0 aromatic heterocycles. The number of aryl methyl sites for hydroxylation is 1. The average Bonchev–Trinajstić information content (AvgIpc) is 2.79. The highest BCUT2D eigenvalue weighted by Gasteiger charge is 2.40. The van der Waals surface area contributed by atoms with E-state index in [0.29, 0.717) is 24.1 Å². The van der Waals surface area contributed by atoms with Gasteiger partial charge in [-0.3, -0.25) is 19.7 Å². The Morgan fingerprint density at radius 3 is 2.76 bits per heavy atom. The number of imide groups is 1. The van der Waals surface area contributed by atoms with E-state index in [0.717, 1.165) is 11.1 Å². The second kappa shape index (κ2) is 4.70. The number of nitrogens with zero attached hydrogens (tertiary/aromatic N) is 2. The third-order valence-electron chi connectivity index (χ3n) is 4.06. The van der Waals surface area contributed by atoms with E-state index in [1.807, 2.05) is 13.0 Å². The molecule has 0 spiro atoms. The van der Waals surface area contributed by atoms with Gasteiger partial charge in [-0.1, -0.05) is 6.07 Å². The zero-order valence-corrected chi connectivity index (χ0v) is 11.5. The molecule has 1 saturated heterocycles. The van der Waals surface area contributed by atoms with Crippen molar-refractivity contribution >= 4 is 17.7 Å². The van der Waals surface area contributed by atoms with Gasteiger partial charge in [-0.15, -0.1) is 0 Å². The number of fused-ring (bicyclic) bond motifs is 1. The van der Waals surface area contributed by atoms with Crippen molar-refractivity contribution in [3.8, 4) is 6.07 Å². The Kier molecular flexibility index (Phi) is 2.98. The fourth-order valence-electron chi connectivity index (χ4n) is 2.91.